The van der Waals surface area contributed by atoms with Crippen LogP contribution in [0.15, 0.2) is 78.9 Å². The van der Waals surface area contributed by atoms with Gasteiger partial charge in [0.25, 0.3) is 5.91 Å². The first-order valence-corrected chi connectivity index (χ1v) is 10.1. The van der Waals surface area contributed by atoms with Gasteiger partial charge in [0.05, 0.1) is 23.0 Å². The van der Waals surface area contributed by atoms with Gasteiger partial charge in [-0.3, -0.25) is 14.4 Å². The molecule has 2 heterocycles. The van der Waals surface area contributed by atoms with Crippen LogP contribution in [0.5, 0.6) is 5.75 Å². The molecule has 2 aliphatic rings. The Hall–Kier alpha value is -3.85. The molecule has 0 radical (unpaired) electrons. The second-order valence-electron chi connectivity index (χ2n) is 7.81. The van der Waals surface area contributed by atoms with Gasteiger partial charge in [-0.05, 0) is 48.0 Å². The molecule has 2 aliphatic heterocycles. The maximum atomic E-state index is 13.5. The van der Waals surface area contributed by atoms with Crippen molar-refractivity contribution in [2.45, 2.75) is 18.3 Å². The molecule has 2 saturated heterocycles. The van der Waals surface area contributed by atoms with E-state index in [1.165, 1.54) is 23.3 Å². The van der Waals surface area contributed by atoms with Gasteiger partial charge in [0.2, 0.25) is 5.91 Å². The highest BCUT2D eigenvalue weighted by atomic mass is 19.4. The van der Waals surface area contributed by atoms with Crippen LogP contribution in [-0.4, -0.2) is 23.0 Å². The molecule has 2 amide bonds. The molecule has 1 N–H and O–H groups in total. The summed E-state index contributed by atoms with van der Waals surface area (Å²) in [6, 6.07) is 18.4. The Bertz CT molecular complexity index is 1210. The Labute approximate surface area is 186 Å². The van der Waals surface area contributed by atoms with Gasteiger partial charge in [-0.1, -0.05) is 36.4 Å². The Balaban J connectivity index is 1.57. The minimum Gasteiger partial charge on any atom is -0.508 e. The van der Waals surface area contributed by atoms with E-state index in [0.717, 1.165) is 23.1 Å². The number of rotatable bonds is 3. The molecule has 9 heteroatoms. The topological polar surface area (TPSA) is 70.1 Å². The van der Waals surface area contributed by atoms with E-state index in [-0.39, 0.29) is 11.4 Å². The Morgan fingerprint density at radius 2 is 1.48 bits per heavy atom. The van der Waals surface area contributed by atoms with E-state index < -0.39 is 41.6 Å². The first kappa shape index (κ1) is 21.0. The second kappa shape index (κ2) is 7.63. The first-order valence-electron chi connectivity index (χ1n) is 10.1. The number of carbonyl (C=O) groups is 2. The summed E-state index contributed by atoms with van der Waals surface area (Å²) < 4.78 is 39.6. The van der Waals surface area contributed by atoms with Crippen LogP contribution in [0.25, 0.3) is 0 Å². The number of hydroxylamine groups is 1. The number of halogens is 3. The molecule has 6 nitrogen and oxygen atoms in total. The van der Waals surface area contributed by atoms with Gasteiger partial charge in [-0.2, -0.15) is 13.2 Å². The molecule has 0 unspecified atom stereocenters. The number of hydrogen-bond donors (Lipinski definition) is 1. The third-order valence-electron chi connectivity index (χ3n) is 5.79. The minimum atomic E-state index is -4.62. The van der Waals surface area contributed by atoms with Gasteiger partial charge in [0.1, 0.15) is 11.7 Å². The molecule has 3 aromatic rings. The third-order valence-corrected chi connectivity index (χ3v) is 5.79. The zero-order chi connectivity index (χ0) is 23.3. The van der Waals surface area contributed by atoms with Crippen molar-refractivity contribution in [3.05, 3.63) is 90.0 Å². The number of alkyl halides is 3. The minimum absolute atomic E-state index is 0.0277. The number of imide groups is 1. The van der Waals surface area contributed by atoms with Crippen LogP contribution in [0.4, 0.5) is 24.5 Å². The fourth-order valence-electron chi connectivity index (χ4n) is 4.30. The van der Waals surface area contributed by atoms with E-state index in [9.17, 15) is 27.9 Å². The van der Waals surface area contributed by atoms with E-state index in [1.54, 1.807) is 36.4 Å². The number of phenolic OH excluding ortho intramolecular Hbond substituents is 1. The van der Waals surface area contributed by atoms with Crippen molar-refractivity contribution in [1.29, 1.82) is 0 Å². The number of phenols is 1. The largest absolute Gasteiger partial charge is 0.508 e. The molecular formula is C24H17F3N2O4. The normalized spacial score (nSPS) is 22.7. The van der Waals surface area contributed by atoms with E-state index in [0.29, 0.717) is 11.3 Å². The summed E-state index contributed by atoms with van der Waals surface area (Å²) in [7, 11) is 0. The van der Waals surface area contributed by atoms with Crippen LogP contribution in [0.2, 0.25) is 0 Å². The molecule has 5 rings (SSSR count). The summed E-state index contributed by atoms with van der Waals surface area (Å²) in [4.78, 5) is 33.4. The van der Waals surface area contributed by atoms with Crippen LogP contribution in [0.1, 0.15) is 17.2 Å². The molecule has 2 fully saturated rings. The number of amides is 2. The summed E-state index contributed by atoms with van der Waals surface area (Å²) in [5.74, 6) is -2.34. The van der Waals surface area contributed by atoms with Gasteiger partial charge in [0, 0.05) is 0 Å². The third kappa shape index (κ3) is 3.50. The van der Waals surface area contributed by atoms with Crippen molar-refractivity contribution in [2.75, 3.05) is 9.96 Å². The standard InChI is InChI=1S/C24H17F3N2O4/c25-24(26,27)15-5-4-8-17(13-15)28-22(31)19-20(14-9-11-18(30)12-10-14)29(33-21(19)23(28)32)16-6-2-1-3-7-16/h1-13,19-21,30H/t19-,20+,21-/m1/s1. The van der Waals surface area contributed by atoms with Crippen molar-refractivity contribution in [1.82, 2.24) is 0 Å². The Morgan fingerprint density at radius 1 is 0.818 bits per heavy atom. The monoisotopic (exact) mass is 454 g/mol. The van der Waals surface area contributed by atoms with E-state index in [2.05, 4.69) is 0 Å². The van der Waals surface area contributed by atoms with E-state index >= 15 is 0 Å². The summed E-state index contributed by atoms with van der Waals surface area (Å²) in [5, 5.41) is 11.2. The average molecular weight is 454 g/mol. The van der Waals surface area contributed by atoms with Gasteiger partial charge < -0.3 is 5.11 Å². The summed E-state index contributed by atoms with van der Waals surface area (Å²) >= 11 is 0. The number of hydrogen-bond acceptors (Lipinski definition) is 5. The van der Waals surface area contributed by atoms with Crippen LogP contribution >= 0.6 is 0 Å². The lowest BCUT2D eigenvalue weighted by Gasteiger charge is -2.28. The highest BCUT2D eigenvalue weighted by Crippen LogP contribution is 2.48. The molecule has 0 spiro atoms. The maximum absolute atomic E-state index is 13.5. The van der Waals surface area contributed by atoms with Crippen LogP contribution < -0.4 is 9.96 Å². The fraction of sp³-hybridized carbons (Fsp3) is 0.167. The number of anilines is 2. The summed E-state index contributed by atoms with van der Waals surface area (Å²) in [5.41, 5.74) is 0.0977. The van der Waals surface area contributed by atoms with Crippen molar-refractivity contribution in [2.24, 2.45) is 5.92 Å². The number of para-hydroxylation sites is 1. The zero-order valence-electron chi connectivity index (χ0n) is 16.9. The quantitative estimate of drug-likeness (QED) is 0.592. The lowest BCUT2D eigenvalue weighted by atomic mass is 9.90. The predicted octanol–water partition coefficient (Wildman–Crippen LogP) is 4.46. The molecule has 168 valence electrons. The van der Waals surface area contributed by atoms with Crippen LogP contribution in [0, 0.1) is 5.92 Å². The fourth-order valence-corrected chi connectivity index (χ4v) is 4.30. The lowest BCUT2D eigenvalue weighted by molar-refractivity contribution is -0.137. The van der Waals surface area contributed by atoms with Gasteiger partial charge in [-0.15, -0.1) is 0 Å². The number of benzene rings is 3. The zero-order valence-corrected chi connectivity index (χ0v) is 16.9. The molecule has 0 aliphatic carbocycles. The molecular weight excluding hydrogens is 437 g/mol. The van der Waals surface area contributed by atoms with Crippen molar-refractivity contribution < 1.29 is 32.7 Å². The van der Waals surface area contributed by atoms with Gasteiger partial charge in [0.15, 0.2) is 6.10 Å². The van der Waals surface area contributed by atoms with Gasteiger partial charge >= 0.3 is 6.18 Å². The van der Waals surface area contributed by atoms with Gasteiger partial charge in [-0.25, -0.2) is 9.96 Å². The molecule has 3 aromatic carbocycles. The molecule has 0 aromatic heterocycles. The molecule has 0 saturated carbocycles. The smallest absolute Gasteiger partial charge is 0.416 e. The lowest BCUT2D eigenvalue weighted by Crippen LogP contribution is -2.37. The van der Waals surface area contributed by atoms with Crippen LogP contribution in [0.3, 0.4) is 0 Å². The SMILES string of the molecule is O=C1[C@H]2[C@@H](ON(c3ccccc3)[C@H]2c2ccc(O)cc2)C(=O)N1c1cccc(C(F)(F)F)c1. The van der Waals surface area contributed by atoms with Crippen molar-refractivity contribution >= 4 is 23.2 Å². The summed E-state index contributed by atoms with van der Waals surface area (Å²) in [6.45, 7) is 0. The molecule has 3 atom stereocenters. The van der Waals surface area contributed by atoms with Crippen molar-refractivity contribution in [3.63, 3.8) is 0 Å². The van der Waals surface area contributed by atoms with E-state index in [4.69, 9.17) is 4.84 Å². The van der Waals surface area contributed by atoms with Crippen LogP contribution in [-0.2, 0) is 20.6 Å². The predicted molar refractivity (Wildman–Crippen MR) is 112 cm³/mol. The van der Waals surface area contributed by atoms with E-state index in [1.807, 2.05) is 6.07 Å². The van der Waals surface area contributed by atoms with Crippen molar-refractivity contribution in [3.8, 4) is 5.75 Å². The number of aromatic hydroxyl groups is 1. The highest BCUT2D eigenvalue weighted by molar-refractivity contribution is 6.24. The second-order valence-corrected chi connectivity index (χ2v) is 7.81. The molecule has 33 heavy (non-hydrogen) atoms. The number of carbonyl (C=O) groups excluding carboxylic acids is 2. The first-order chi connectivity index (χ1) is 15.8. The highest BCUT2D eigenvalue weighted by Gasteiger charge is 2.60. The number of nitrogens with zero attached hydrogens (tertiary/aromatic N) is 2. The Morgan fingerprint density at radius 3 is 2.15 bits per heavy atom. The molecule has 0 bridgehead atoms. The summed E-state index contributed by atoms with van der Waals surface area (Å²) in [6.07, 6.45) is -5.82. The maximum Gasteiger partial charge on any atom is 0.416 e. The Kier molecular flexibility index (Phi) is 4.86. The average Bonchev–Trinajstić information content (AvgIpc) is 3.30. The number of fused-ring (bicyclic) bond motifs is 1.